The van der Waals surface area contributed by atoms with Crippen LogP contribution in [0.3, 0.4) is 0 Å². The zero-order valence-corrected chi connectivity index (χ0v) is 19.8. The van der Waals surface area contributed by atoms with E-state index in [2.05, 4.69) is 36.3 Å². The molecule has 0 spiro atoms. The Hall–Kier alpha value is -0.770. The van der Waals surface area contributed by atoms with Gasteiger partial charge in [-0.2, -0.15) is 0 Å². The number of ether oxygens (including phenoxy) is 2. The third-order valence-corrected chi connectivity index (χ3v) is 4.79. The van der Waals surface area contributed by atoms with Gasteiger partial charge in [0, 0.05) is 42.3 Å². The summed E-state index contributed by atoms with van der Waals surface area (Å²) >= 11 is 6.03. The lowest BCUT2D eigenvalue weighted by Gasteiger charge is -2.41. The Balaban J connectivity index is 0.00000364. The van der Waals surface area contributed by atoms with E-state index in [1.807, 2.05) is 18.2 Å². The average molecular weight is 511 g/mol. The van der Waals surface area contributed by atoms with Crippen LogP contribution in [-0.2, 0) is 11.3 Å². The number of guanidine groups is 1. The first-order valence-electron chi connectivity index (χ1n) is 9.13. The van der Waals surface area contributed by atoms with E-state index in [-0.39, 0.29) is 29.5 Å². The third-order valence-electron chi connectivity index (χ3n) is 4.56. The van der Waals surface area contributed by atoms with Crippen LogP contribution in [0.1, 0.15) is 26.3 Å². The molecule has 2 N–H and O–H groups in total. The van der Waals surface area contributed by atoms with Gasteiger partial charge in [-0.3, -0.25) is 4.90 Å². The van der Waals surface area contributed by atoms with E-state index in [0.29, 0.717) is 11.6 Å². The number of nitrogens with zero attached hydrogens (tertiary/aromatic N) is 2. The topological polar surface area (TPSA) is 58.1 Å². The van der Waals surface area contributed by atoms with Crippen molar-refractivity contribution in [2.24, 2.45) is 4.99 Å². The van der Waals surface area contributed by atoms with E-state index in [4.69, 9.17) is 26.1 Å². The van der Waals surface area contributed by atoms with Crippen molar-refractivity contribution in [3.63, 3.8) is 0 Å². The van der Waals surface area contributed by atoms with E-state index in [0.717, 1.165) is 56.7 Å². The van der Waals surface area contributed by atoms with Gasteiger partial charge in [0.15, 0.2) is 5.96 Å². The molecule has 0 aromatic heterocycles. The van der Waals surface area contributed by atoms with Crippen LogP contribution in [0.25, 0.3) is 0 Å². The van der Waals surface area contributed by atoms with E-state index in [9.17, 15) is 0 Å². The van der Waals surface area contributed by atoms with Crippen LogP contribution >= 0.6 is 35.6 Å². The first-order chi connectivity index (χ1) is 12.5. The average Bonchev–Trinajstić information content (AvgIpc) is 2.65. The summed E-state index contributed by atoms with van der Waals surface area (Å²) in [5.74, 6) is 1.55. The molecule has 1 aromatic rings. The molecule has 0 bridgehead atoms. The minimum absolute atomic E-state index is 0. The van der Waals surface area contributed by atoms with Gasteiger partial charge in [-0.15, -0.1) is 24.0 Å². The first-order valence-corrected chi connectivity index (χ1v) is 9.51. The minimum Gasteiger partial charge on any atom is -0.496 e. The van der Waals surface area contributed by atoms with Gasteiger partial charge < -0.3 is 20.1 Å². The van der Waals surface area contributed by atoms with Crippen LogP contribution in [0.15, 0.2) is 23.2 Å². The van der Waals surface area contributed by atoms with Gasteiger partial charge in [0.05, 0.1) is 26.9 Å². The molecule has 154 valence electrons. The van der Waals surface area contributed by atoms with Crippen molar-refractivity contribution >= 4 is 41.5 Å². The summed E-state index contributed by atoms with van der Waals surface area (Å²) in [5, 5.41) is 7.43. The highest BCUT2D eigenvalue weighted by molar-refractivity contribution is 14.0. The van der Waals surface area contributed by atoms with Gasteiger partial charge in [0.1, 0.15) is 5.75 Å². The summed E-state index contributed by atoms with van der Waals surface area (Å²) in [6.45, 7) is 12.2. The number of morpholine rings is 1. The molecule has 1 aromatic carbocycles. The molecular weight excluding hydrogens is 479 g/mol. The van der Waals surface area contributed by atoms with Crippen molar-refractivity contribution in [1.29, 1.82) is 0 Å². The molecule has 1 aliphatic rings. The fourth-order valence-corrected chi connectivity index (χ4v) is 3.10. The summed E-state index contributed by atoms with van der Waals surface area (Å²) in [6, 6.07) is 5.62. The SMILES string of the molecule is CCNC(=NCc1ccc(Cl)cc1OC)NCC(C)(C)N1CCOCC1.I. The van der Waals surface area contributed by atoms with E-state index in [1.165, 1.54) is 0 Å². The molecular formula is C19H32ClIN4O2. The largest absolute Gasteiger partial charge is 0.496 e. The molecule has 0 aliphatic carbocycles. The molecule has 0 amide bonds. The number of benzene rings is 1. The number of methoxy groups -OCH3 is 1. The van der Waals surface area contributed by atoms with Gasteiger partial charge in [-0.05, 0) is 32.9 Å². The smallest absolute Gasteiger partial charge is 0.191 e. The molecule has 8 heteroatoms. The first kappa shape index (κ1) is 24.3. The predicted molar refractivity (Wildman–Crippen MR) is 123 cm³/mol. The van der Waals surface area contributed by atoms with Crippen LogP contribution < -0.4 is 15.4 Å². The highest BCUT2D eigenvalue weighted by Gasteiger charge is 2.28. The predicted octanol–water partition coefficient (Wildman–Crippen LogP) is 3.13. The Kier molecular flexibility index (Phi) is 10.7. The molecule has 2 rings (SSSR count). The minimum atomic E-state index is 0. The molecule has 0 radical (unpaired) electrons. The van der Waals surface area contributed by atoms with Crippen molar-refractivity contribution in [2.75, 3.05) is 46.5 Å². The van der Waals surface area contributed by atoms with Crippen molar-refractivity contribution in [3.8, 4) is 5.75 Å². The lowest BCUT2D eigenvalue weighted by atomic mass is 10.0. The summed E-state index contributed by atoms with van der Waals surface area (Å²) in [7, 11) is 1.65. The number of hydrogen-bond donors (Lipinski definition) is 2. The second-order valence-electron chi connectivity index (χ2n) is 6.92. The second-order valence-corrected chi connectivity index (χ2v) is 7.35. The summed E-state index contributed by atoms with van der Waals surface area (Å²) in [5.41, 5.74) is 1.03. The normalized spacial score (nSPS) is 15.8. The van der Waals surface area contributed by atoms with Gasteiger partial charge in [0.2, 0.25) is 0 Å². The zero-order valence-electron chi connectivity index (χ0n) is 16.7. The quantitative estimate of drug-likeness (QED) is 0.335. The lowest BCUT2D eigenvalue weighted by molar-refractivity contribution is -0.00834. The molecule has 0 unspecified atom stereocenters. The van der Waals surface area contributed by atoms with E-state index in [1.54, 1.807) is 7.11 Å². The molecule has 1 aliphatic heterocycles. The fraction of sp³-hybridized carbons (Fsp3) is 0.632. The molecule has 6 nitrogen and oxygen atoms in total. The second kappa shape index (κ2) is 11.9. The molecule has 0 saturated carbocycles. The summed E-state index contributed by atoms with van der Waals surface area (Å²) in [6.07, 6.45) is 0. The van der Waals surface area contributed by atoms with Crippen LogP contribution in [0.4, 0.5) is 0 Å². The number of hydrogen-bond acceptors (Lipinski definition) is 4. The Morgan fingerprint density at radius 1 is 1.30 bits per heavy atom. The summed E-state index contributed by atoms with van der Waals surface area (Å²) < 4.78 is 10.9. The monoisotopic (exact) mass is 510 g/mol. The maximum atomic E-state index is 6.03. The Morgan fingerprint density at radius 3 is 2.63 bits per heavy atom. The van der Waals surface area contributed by atoms with Gasteiger partial charge in [-0.1, -0.05) is 17.7 Å². The number of halogens is 2. The molecule has 0 atom stereocenters. The maximum Gasteiger partial charge on any atom is 0.191 e. The number of aliphatic imine (C=N–C) groups is 1. The molecule has 1 heterocycles. The lowest BCUT2D eigenvalue weighted by Crippen LogP contribution is -2.56. The van der Waals surface area contributed by atoms with Crippen LogP contribution in [-0.4, -0.2) is 62.9 Å². The zero-order chi connectivity index (χ0) is 19.0. The van der Waals surface area contributed by atoms with Crippen molar-refractivity contribution in [1.82, 2.24) is 15.5 Å². The van der Waals surface area contributed by atoms with Gasteiger partial charge in [0.25, 0.3) is 0 Å². The molecule has 1 fully saturated rings. The van der Waals surface area contributed by atoms with Crippen molar-refractivity contribution < 1.29 is 9.47 Å². The number of rotatable bonds is 7. The highest BCUT2D eigenvalue weighted by Crippen LogP contribution is 2.23. The maximum absolute atomic E-state index is 6.03. The molecule has 27 heavy (non-hydrogen) atoms. The third kappa shape index (κ3) is 7.63. The van der Waals surface area contributed by atoms with Crippen molar-refractivity contribution in [2.45, 2.75) is 32.9 Å². The van der Waals surface area contributed by atoms with Crippen molar-refractivity contribution in [3.05, 3.63) is 28.8 Å². The van der Waals surface area contributed by atoms with Crippen LogP contribution in [0.2, 0.25) is 5.02 Å². The van der Waals surface area contributed by atoms with E-state index < -0.39 is 0 Å². The van der Waals surface area contributed by atoms with Crippen LogP contribution in [0, 0.1) is 0 Å². The summed E-state index contributed by atoms with van der Waals surface area (Å²) in [4.78, 5) is 7.15. The van der Waals surface area contributed by atoms with Crippen LogP contribution in [0.5, 0.6) is 5.75 Å². The highest BCUT2D eigenvalue weighted by atomic mass is 127. The number of nitrogens with one attached hydrogen (secondary N) is 2. The van der Waals surface area contributed by atoms with E-state index >= 15 is 0 Å². The Morgan fingerprint density at radius 2 is 2.00 bits per heavy atom. The fourth-order valence-electron chi connectivity index (χ4n) is 2.94. The van der Waals surface area contributed by atoms with Gasteiger partial charge >= 0.3 is 0 Å². The Labute approximate surface area is 185 Å². The Bertz CT molecular complexity index is 607. The standard InChI is InChI=1S/C19H31ClN4O2.HI/c1-5-21-18(22-13-15-6-7-16(20)12-17(15)25-4)23-14-19(2,3)24-8-10-26-11-9-24;/h6-7,12H,5,8-11,13-14H2,1-4H3,(H2,21,22,23);1H. The molecule has 1 saturated heterocycles. The van der Waals surface area contributed by atoms with Gasteiger partial charge in [-0.25, -0.2) is 4.99 Å².